The summed E-state index contributed by atoms with van der Waals surface area (Å²) in [6.45, 7) is 0.554. The second-order valence-electron chi connectivity index (χ2n) is 6.04. The molecular weight excluding hydrogens is 295 g/mol. The molecule has 23 heavy (non-hydrogen) atoms. The van der Waals surface area contributed by atoms with Gasteiger partial charge in [-0.05, 0) is 12.0 Å². The number of Topliss-reactive ketones (excluding diaryl/α,β-unsaturated/α-hetero) is 1. The van der Waals surface area contributed by atoms with Crippen LogP contribution in [0.1, 0.15) is 28.5 Å². The Morgan fingerprint density at radius 2 is 2.09 bits per heavy atom. The van der Waals surface area contributed by atoms with E-state index >= 15 is 0 Å². The maximum absolute atomic E-state index is 14.0. The fraction of sp³-hybridized carbons (Fsp3) is 0.235. The van der Waals surface area contributed by atoms with Gasteiger partial charge in [0, 0.05) is 12.1 Å². The molecule has 0 spiro atoms. The number of hydrogen-bond donors (Lipinski definition) is 0. The molecule has 3 aromatic rings. The highest BCUT2D eigenvalue weighted by Crippen LogP contribution is 2.45. The number of imidazole rings is 1. The van der Waals surface area contributed by atoms with E-state index in [1.807, 2.05) is 35.0 Å². The summed E-state index contributed by atoms with van der Waals surface area (Å²) < 4.78 is 17.5. The second-order valence-corrected chi connectivity index (χ2v) is 6.04. The van der Waals surface area contributed by atoms with E-state index in [9.17, 15) is 9.18 Å². The van der Waals surface area contributed by atoms with Crippen molar-refractivity contribution in [3.8, 4) is 11.3 Å². The first-order chi connectivity index (χ1) is 11.3. The SMILES string of the molecule is O=C1c2c(F)cnn2CCC1C1c2ccccc2-c2cncn21. The van der Waals surface area contributed by atoms with Gasteiger partial charge >= 0.3 is 0 Å². The molecule has 6 heteroatoms. The van der Waals surface area contributed by atoms with Crippen LogP contribution in [0.3, 0.4) is 0 Å². The van der Waals surface area contributed by atoms with E-state index in [2.05, 4.69) is 10.1 Å². The van der Waals surface area contributed by atoms with Crippen molar-refractivity contribution in [2.45, 2.75) is 19.0 Å². The molecule has 2 atom stereocenters. The molecule has 0 saturated carbocycles. The summed E-state index contributed by atoms with van der Waals surface area (Å²) in [4.78, 5) is 17.1. The summed E-state index contributed by atoms with van der Waals surface area (Å²) in [7, 11) is 0. The molecule has 2 aromatic heterocycles. The molecule has 0 bridgehead atoms. The van der Waals surface area contributed by atoms with Crippen LogP contribution < -0.4 is 0 Å². The van der Waals surface area contributed by atoms with Gasteiger partial charge in [-0.15, -0.1) is 0 Å². The second kappa shape index (κ2) is 4.38. The van der Waals surface area contributed by atoms with Gasteiger partial charge in [0.1, 0.15) is 5.69 Å². The minimum atomic E-state index is -0.531. The fourth-order valence-corrected chi connectivity index (χ4v) is 3.93. The third kappa shape index (κ3) is 1.58. The maximum Gasteiger partial charge on any atom is 0.189 e. The molecule has 4 heterocycles. The molecule has 0 saturated heterocycles. The zero-order valence-electron chi connectivity index (χ0n) is 12.2. The van der Waals surface area contributed by atoms with Gasteiger partial charge in [0.05, 0.1) is 36.4 Å². The first kappa shape index (κ1) is 12.8. The molecule has 5 nitrogen and oxygen atoms in total. The summed E-state index contributed by atoms with van der Waals surface area (Å²) in [5, 5.41) is 3.95. The van der Waals surface area contributed by atoms with E-state index in [1.165, 1.54) is 4.68 Å². The van der Waals surface area contributed by atoms with Crippen LogP contribution in [0.2, 0.25) is 0 Å². The van der Waals surface area contributed by atoms with E-state index in [0.29, 0.717) is 13.0 Å². The summed E-state index contributed by atoms with van der Waals surface area (Å²) in [6.07, 6.45) is 5.34. The molecule has 2 aliphatic rings. The highest BCUT2D eigenvalue weighted by molar-refractivity contribution is 5.98. The van der Waals surface area contributed by atoms with Crippen LogP contribution in [0.25, 0.3) is 11.3 Å². The number of nitrogens with zero attached hydrogens (tertiary/aromatic N) is 4. The van der Waals surface area contributed by atoms with Crippen LogP contribution in [-0.4, -0.2) is 25.1 Å². The Bertz CT molecular complexity index is 942. The highest BCUT2D eigenvalue weighted by Gasteiger charge is 2.41. The average Bonchev–Trinajstić information content (AvgIpc) is 3.23. The van der Waals surface area contributed by atoms with Crippen LogP contribution in [0.4, 0.5) is 4.39 Å². The molecule has 0 N–H and O–H groups in total. The van der Waals surface area contributed by atoms with Crippen LogP contribution in [0.5, 0.6) is 0 Å². The molecule has 0 radical (unpaired) electrons. The first-order valence-electron chi connectivity index (χ1n) is 7.62. The predicted molar refractivity (Wildman–Crippen MR) is 80.4 cm³/mol. The molecule has 0 fully saturated rings. The summed E-state index contributed by atoms with van der Waals surface area (Å²) in [5.41, 5.74) is 3.32. The van der Waals surface area contributed by atoms with Crippen LogP contribution in [0.15, 0.2) is 43.0 Å². The van der Waals surface area contributed by atoms with Crippen LogP contribution in [-0.2, 0) is 6.54 Å². The zero-order valence-corrected chi connectivity index (χ0v) is 12.2. The van der Waals surface area contributed by atoms with Crippen molar-refractivity contribution in [1.82, 2.24) is 19.3 Å². The van der Waals surface area contributed by atoms with Crippen molar-refractivity contribution >= 4 is 5.78 Å². The Morgan fingerprint density at radius 1 is 1.22 bits per heavy atom. The monoisotopic (exact) mass is 308 g/mol. The van der Waals surface area contributed by atoms with Gasteiger partial charge in [0.2, 0.25) is 0 Å². The number of halogens is 1. The molecule has 1 aromatic carbocycles. The van der Waals surface area contributed by atoms with Gasteiger partial charge in [-0.1, -0.05) is 24.3 Å². The van der Waals surface area contributed by atoms with Crippen molar-refractivity contribution in [3.63, 3.8) is 0 Å². The number of rotatable bonds is 1. The van der Waals surface area contributed by atoms with Crippen molar-refractivity contribution in [1.29, 1.82) is 0 Å². The molecular formula is C17H13FN4O. The van der Waals surface area contributed by atoms with E-state index in [4.69, 9.17) is 0 Å². The largest absolute Gasteiger partial charge is 0.322 e. The first-order valence-corrected chi connectivity index (χ1v) is 7.62. The number of fused-ring (bicyclic) bond motifs is 4. The normalized spacial score (nSPS) is 21.9. The summed E-state index contributed by atoms with van der Waals surface area (Å²) in [6, 6.07) is 7.92. The highest BCUT2D eigenvalue weighted by atomic mass is 19.1. The van der Waals surface area contributed by atoms with Crippen molar-refractivity contribution in [2.24, 2.45) is 5.92 Å². The van der Waals surface area contributed by atoms with E-state index in [0.717, 1.165) is 23.0 Å². The minimum absolute atomic E-state index is 0.104. The molecule has 5 rings (SSSR count). The Balaban J connectivity index is 1.66. The van der Waals surface area contributed by atoms with Gasteiger partial charge in [-0.25, -0.2) is 9.37 Å². The predicted octanol–water partition coefficient (Wildman–Crippen LogP) is 2.69. The van der Waals surface area contributed by atoms with Gasteiger partial charge in [0.25, 0.3) is 0 Å². The zero-order chi connectivity index (χ0) is 15.6. The molecule has 2 unspecified atom stereocenters. The summed E-state index contributed by atoms with van der Waals surface area (Å²) in [5.74, 6) is -1.00. The smallest absolute Gasteiger partial charge is 0.189 e. The lowest BCUT2D eigenvalue weighted by atomic mass is 9.84. The quantitative estimate of drug-likeness (QED) is 0.694. The third-order valence-corrected chi connectivity index (χ3v) is 4.92. The average molecular weight is 308 g/mol. The number of benzene rings is 1. The summed E-state index contributed by atoms with van der Waals surface area (Å²) >= 11 is 0. The Morgan fingerprint density at radius 3 is 3.00 bits per heavy atom. The van der Waals surface area contributed by atoms with E-state index in [-0.39, 0.29) is 23.4 Å². The minimum Gasteiger partial charge on any atom is -0.322 e. The van der Waals surface area contributed by atoms with Crippen LogP contribution >= 0.6 is 0 Å². The Kier molecular flexibility index (Phi) is 2.43. The topological polar surface area (TPSA) is 52.7 Å². The van der Waals surface area contributed by atoms with Gasteiger partial charge in [0.15, 0.2) is 11.6 Å². The Hall–Kier alpha value is -2.76. The third-order valence-electron chi connectivity index (χ3n) is 4.92. The van der Waals surface area contributed by atoms with E-state index in [1.54, 1.807) is 6.33 Å². The van der Waals surface area contributed by atoms with Gasteiger partial charge < -0.3 is 4.57 Å². The molecule has 0 amide bonds. The number of carbonyl (C=O) groups excluding carboxylic acids is 1. The number of aromatic nitrogens is 4. The lowest BCUT2D eigenvalue weighted by Crippen LogP contribution is -2.33. The number of hydrogen-bond acceptors (Lipinski definition) is 3. The molecule has 2 aliphatic heterocycles. The number of ketones is 1. The lowest BCUT2D eigenvalue weighted by Gasteiger charge is -2.28. The maximum atomic E-state index is 14.0. The van der Waals surface area contributed by atoms with Crippen molar-refractivity contribution in [2.75, 3.05) is 0 Å². The van der Waals surface area contributed by atoms with Crippen molar-refractivity contribution in [3.05, 3.63) is 60.1 Å². The molecule has 0 aliphatic carbocycles. The fourth-order valence-electron chi connectivity index (χ4n) is 3.93. The van der Waals surface area contributed by atoms with E-state index < -0.39 is 5.82 Å². The van der Waals surface area contributed by atoms with Gasteiger partial charge in [-0.2, -0.15) is 5.10 Å². The standard InChI is InChI=1S/C17H13FN4O/c18-13-7-20-22-6-5-12(17(23)16(13)22)15-11-4-2-1-3-10(11)14-8-19-9-21(14)15/h1-4,7-9,12,15H,5-6H2. The van der Waals surface area contributed by atoms with Crippen LogP contribution in [0, 0.1) is 11.7 Å². The Labute approximate surface area is 131 Å². The lowest BCUT2D eigenvalue weighted by molar-refractivity contribution is 0.0834. The number of carbonyl (C=O) groups is 1. The van der Waals surface area contributed by atoms with Gasteiger partial charge in [-0.3, -0.25) is 9.48 Å². The van der Waals surface area contributed by atoms with Crippen molar-refractivity contribution < 1.29 is 9.18 Å². The number of aryl methyl sites for hydroxylation is 1. The molecule has 114 valence electrons.